The quantitative estimate of drug-likeness (QED) is 0.487. The number of aromatic nitrogens is 4. The van der Waals surface area contributed by atoms with Gasteiger partial charge in [0.05, 0.1) is 17.4 Å². The first-order valence-corrected chi connectivity index (χ1v) is 10.7. The number of nitrogens with zero attached hydrogens (tertiary/aromatic N) is 6. The van der Waals surface area contributed by atoms with E-state index in [1.165, 1.54) is 0 Å². The van der Waals surface area contributed by atoms with Crippen LogP contribution in [0.1, 0.15) is 0 Å². The summed E-state index contributed by atoms with van der Waals surface area (Å²) in [5, 5.41) is 0. The highest BCUT2D eigenvalue weighted by Crippen LogP contribution is 2.17. The van der Waals surface area contributed by atoms with Crippen LogP contribution >= 0.6 is 0 Å². The zero-order chi connectivity index (χ0) is 21.0. The fourth-order valence-corrected chi connectivity index (χ4v) is 4.19. The second-order valence-corrected chi connectivity index (χ2v) is 7.89. The molecule has 0 radical (unpaired) electrons. The number of para-hydroxylation sites is 2. The van der Waals surface area contributed by atoms with Gasteiger partial charge in [-0.1, -0.05) is 42.5 Å². The Labute approximate surface area is 181 Å². The Morgan fingerprint density at radius 2 is 1.61 bits per heavy atom. The summed E-state index contributed by atoms with van der Waals surface area (Å²) in [6, 6.07) is 18.2. The van der Waals surface area contributed by atoms with Crippen molar-refractivity contribution in [2.24, 2.45) is 0 Å². The van der Waals surface area contributed by atoms with E-state index in [1.807, 2.05) is 64.3 Å². The van der Waals surface area contributed by atoms with Gasteiger partial charge in [0.1, 0.15) is 12.4 Å². The number of hydrogen-bond donors (Lipinski definition) is 0. The highest BCUT2D eigenvalue weighted by Gasteiger charge is 2.21. The lowest BCUT2D eigenvalue weighted by molar-refractivity contribution is -0.133. The average Bonchev–Trinajstić information content (AvgIpc) is 3.46. The Kier molecular flexibility index (Phi) is 5.50. The number of benzene rings is 2. The molecule has 0 bridgehead atoms. The van der Waals surface area contributed by atoms with E-state index in [4.69, 9.17) is 0 Å². The second kappa shape index (κ2) is 8.73. The summed E-state index contributed by atoms with van der Waals surface area (Å²) in [5.41, 5.74) is 3.06. The lowest BCUT2D eigenvalue weighted by Gasteiger charge is -2.35. The van der Waals surface area contributed by atoms with Crippen LogP contribution in [0.25, 0.3) is 22.4 Å². The number of rotatable bonds is 6. The maximum Gasteiger partial charge on any atom is 0.242 e. The fourth-order valence-electron chi connectivity index (χ4n) is 4.19. The van der Waals surface area contributed by atoms with Crippen molar-refractivity contribution in [3.8, 4) is 11.4 Å². The van der Waals surface area contributed by atoms with Gasteiger partial charge in [-0.05, 0) is 12.1 Å². The Bertz CT molecular complexity index is 1160. The third kappa shape index (κ3) is 4.22. The monoisotopic (exact) mass is 414 g/mol. The molecule has 3 heterocycles. The molecule has 1 saturated heterocycles. The van der Waals surface area contributed by atoms with Crippen molar-refractivity contribution in [3.63, 3.8) is 0 Å². The van der Waals surface area contributed by atoms with Crippen molar-refractivity contribution < 1.29 is 4.79 Å². The summed E-state index contributed by atoms with van der Waals surface area (Å²) in [7, 11) is 0. The molecule has 31 heavy (non-hydrogen) atoms. The Morgan fingerprint density at radius 3 is 2.45 bits per heavy atom. The minimum Gasteiger partial charge on any atom is -0.339 e. The minimum absolute atomic E-state index is 0.156. The molecule has 1 aliphatic heterocycles. The number of fused-ring (bicyclic) bond motifs is 1. The first kappa shape index (κ1) is 19.5. The standard InChI is InChI=1S/C24H26N6O/c31-23(18-30-19-26-21-8-4-5-9-22(21)30)28-15-12-27(13-16-28)14-17-29-11-10-25-24(29)20-6-2-1-3-7-20/h1-11,19H,12-18H2. The topological polar surface area (TPSA) is 59.2 Å². The van der Waals surface area contributed by atoms with E-state index < -0.39 is 0 Å². The van der Waals surface area contributed by atoms with E-state index in [0.29, 0.717) is 6.54 Å². The van der Waals surface area contributed by atoms with Crippen molar-refractivity contribution >= 4 is 16.9 Å². The van der Waals surface area contributed by atoms with Gasteiger partial charge in [0.15, 0.2) is 0 Å². The fraction of sp³-hybridized carbons (Fsp3) is 0.292. The van der Waals surface area contributed by atoms with Gasteiger partial charge in [-0.15, -0.1) is 0 Å². The van der Waals surface area contributed by atoms with Crippen LogP contribution < -0.4 is 0 Å². The number of imidazole rings is 2. The Hall–Kier alpha value is -3.45. The number of amides is 1. The zero-order valence-electron chi connectivity index (χ0n) is 17.5. The lowest BCUT2D eigenvalue weighted by atomic mass is 10.2. The Balaban J connectivity index is 1.14. The molecule has 0 spiro atoms. The lowest BCUT2D eigenvalue weighted by Crippen LogP contribution is -2.50. The van der Waals surface area contributed by atoms with Crippen LogP contribution in [0.15, 0.2) is 73.3 Å². The molecular weight excluding hydrogens is 388 g/mol. The van der Waals surface area contributed by atoms with E-state index in [1.54, 1.807) is 6.33 Å². The molecule has 0 aliphatic carbocycles. The second-order valence-electron chi connectivity index (χ2n) is 7.89. The van der Waals surface area contributed by atoms with E-state index in [9.17, 15) is 4.79 Å². The van der Waals surface area contributed by atoms with Gasteiger partial charge < -0.3 is 14.0 Å². The van der Waals surface area contributed by atoms with Crippen LogP contribution in [-0.2, 0) is 17.9 Å². The van der Waals surface area contributed by atoms with Gasteiger partial charge in [0.2, 0.25) is 5.91 Å². The van der Waals surface area contributed by atoms with Crippen LogP contribution in [-0.4, -0.2) is 67.5 Å². The van der Waals surface area contributed by atoms with Gasteiger partial charge in [0.25, 0.3) is 0 Å². The molecule has 2 aromatic heterocycles. The number of carbonyl (C=O) groups is 1. The van der Waals surface area contributed by atoms with Crippen molar-refractivity contribution in [2.75, 3.05) is 32.7 Å². The molecule has 5 rings (SSSR count). The van der Waals surface area contributed by atoms with E-state index in [0.717, 1.165) is 61.7 Å². The molecule has 158 valence electrons. The minimum atomic E-state index is 0.156. The molecule has 7 heteroatoms. The largest absolute Gasteiger partial charge is 0.339 e. The van der Waals surface area contributed by atoms with Gasteiger partial charge in [-0.25, -0.2) is 9.97 Å². The summed E-state index contributed by atoms with van der Waals surface area (Å²) in [4.78, 5) is 26.1. The van der Waals surface area contributed by atoms with Crippen LogP contribution in [0.5, 0.6) is 0 Å². The predicted octanol–water partition coefficient (Wildman–Crippen LogP) is 2.74. The van der Waals surface area contributed by atoms with Crippen molar-refractivity contribution in [3.05, 3.63) is 73.3 Å². The first-order valence-electron chi connectivity index (χ1n) is 10.7. The highest BCUT2D eigenvalue weighted by molar-refractivity contribution is 5.80. The van der Waals surface area contributed by atoms with E-state index >= 15 is 0 Å². The van der Waals surface area contributed by atoms with Crippen molar-refractivity contribution in [1.82, 2.24) is 28.9 Å². The maximum atomic E-state index is 12.8. The average molecular weight is 415 g/mol. The van der Waals surface area contributed by atoms with Gasteiger partial charge in [0, 0.05) is 57.2 Å². The van der Waals surface area contributed by atoms with E-state index in [2.05, 4.69) is 31.6 Å². The summed E-state index contributed by atoms with van der Waals surface area (Å²) < 4.78 is 4.14. The van der Waals surface area contributed by atoms with Crippen LogP contribution in [0.4, 0.5) is 0 Å². The van der Waals surface area contributed by atoms with Gasteiger partial charge in [-0.3, -0.25) is 9.69 Å². The third-order valence-electron chi connectivity index (χ3n) is 5.96. The molecule has 2 aromatic carbocycles. The van der Waals surface area contributed by atoms with Gasteiger partial charge >= 0.3 is 0 Å². The van der Waals surface area contributed by atoms with E-state index in [-0.39, 0.29) is 5.91 Å². The first-order chi connectivity index (χ1) is 15.3. The zero-order valence-corrected chi connectivity index (χ0v) is 17.5. The third-order valence-corrected chi connectivity index (χ3v) is 5.96. The molecule has 1 fully saturated rings. The maximum absolute atomic E-state index is 12.8. The number of carbonyl (C=O) groups excluding carboxylic acids is 1. The summed E-state index contributed by atoms with van der Waals surface area (Å²) >= 11 is 0. The summed E-state index contributed by atoms with van der Waals surface area (Å²) in [5.74, 6) is 1.16. The number of piperazine rings is 1. The van der Waals surface area contributed by atoms with Crippen LogP contribution in [0, 0.1) is 0 Å². The molecule has 1 amide bonds. The van der Waals surface area contributed by atoms with Gasteiger partial charge in [-0.2, -0.15) is 0 Å². The highest BCUT2D eigenvalue weighted by atomic mass is 16.2. The van der Waals surface area contributed by atoms with Crippen LogP contribution in [0.2, 0.25) is 0 Å². The molecule has 0 unspecified atom stereocenters. The molecule has 4 aromatic rings. The summed E-state index contributed by atoms with van der Waals surface area (Å²) in [6.45, 7) is 5.50. The molecule has 1 aliphatic rings. The molecule has 7 nitrogen and oxygen atoms in total. The van der Waals surface area contributed by atoms with Crippen LogP contribution in [0.3, 0.4) is 0 Å². The molecule has 0 atom stereocenters. The molecule has 0 N–H and O–H groups in total. The predicted molar refractivity (Wildman–Crippen MR) is 120 cm³/mol. The van der Waals surface area contributed by atoms with Crippen molar-refractivity contribution in [2.45, 2.75) is 13.1 Å². The normalized spacial score (nSPS) is 14.9. The smallest absolute Gasteiger partial charge is 0.242 e. The number of hydrogen-bond acceptors (Lipinski definition) is 4. The molecular formula is C24H26N6O. The Morgan fingerprint density at radius 1 is 0.839 bits per heavy atom. The summed E-state index contributed by atoms with van der Waals surface area (Å²) in [6.07, 6.45) is 5.66. The SMILES string of the molecule is O=C(Cn1cnc2ccccc21)N1CCN(CCn2ccnc2-c2ccccc2)CC1. The molecule has 0 saturated carbocycles. The van der Waals surface area contributed by atoms with Crippen molar-refractivity contribution in [1.29, 1.82) is 0 Å².